The molecule has 0 spiro atoms. The van der Waals surface area contributed by atoms with Crippen molar-refractivity contribution in [2.45, 2.75) is 44.6 Å². The summed E-state index contributed by atoms with van der Waals surface area (Å²) >= 11 is 0. The number of hydrogen-bond donors (Lipinski definition) is 2. The minimum absolute atomic E-state index is 0.146. The molecule has 0 atom stereocenters. The number of aromatic amines is 1. The molecule has 1 aliphatic carbocycles. The molecular formula is C24H24N4O2. The normalized spacial score (nSPS) is 14.8. The lowest BCUT2D eigenvalue weighted by Gasteiger charge is -2.17. The number of rotatable bonds is 5. The van der Waals surface area contributed by atoms with E-state index in [-0.39, 0.29) is 5.91 Å². The van der Waals surface area contributed by atoms with Crippen molar-refractivity contribution in [3.8, 4) is 11.3 Å². The molecule has 0 radical (unpaired) electrons. The number of carbonyl (C=O) groups excluding carboxylic acids is 1. The number of nitrogens with one attached hydrogen (secondary N) is 2. The summed E-state index contributed by atoms with van der Waals surface area (Å²) in [6.07, 6.45) is 7.78. The second-order valence-electron chi connectivity index (χ2n) is 7.89. The second kappa shape index (κ2) is 8.14. The van der Waals surface area contributed by atoms with Crippen LogP contribution in [0.3, 0.4) is 0 Å². The zero-order chi connectivity index (χ0) is 20.3. The van der Waals surface area contributed by atoms with Crippen LogP contribution in [-0.2, 0) is 6.54 Å². The summed E-state index contributed by atoms with van der Waals surface area (Å²) < 4.78 is 6.02. The monoisotopic (exact) mass is 400 g/mol. The van der Waals surface area contributed by atoms with Gasteiger partial charge in [0, 0.05) is 23.6 Å². The van der Waals surface area contributed by atoms with Gasteiger partial charge in [-0.25, -0.2) is 4.98 Å². The number of benzene rings is 2. The number of nitrogens with zero attached hydrogens (tertiary/aromatic N) is 2. The summed E-state index contributed by atoms with van der Waals surface area (Å²) in [6, 6.07) is 15.4. The van der Waals surface area contributed by atoms with Gasteiger partial charge in [0.15, 0.2) is 11.5 Å². The molecule has 6 nitrogen and oxygen atoms in total. The molecule has 4 aromatic rings. The molecule has 6 heteroatoms. The standard InChI is InChI=1S/C24H24N4O2/c29-23(25-14-19-15-26-28-22(19)16-7-3-1-4-8-16)18-11-12-20-21(13-18)30-24(27-20)17-9-5-2-6-10-17/h1,3-4,7-8,11-13,15,17H,2,5-6,9-10,14H2,(H,25,29)(H,26,28). The van der Waals surface area contributed by atoms with Crippen LogP contribution in [0.2, 0.25) is 0 Å². The van der Waals surface area contributed by atoms with Gasteiger partial charge in [-0.05, 0) is 36.6 Å². The van der Waals surface area contributed by atoms with Crippen LogP contribution in [-0.4, -0.2) is 21.1 Å². The van der Waals surface area contributed by atoms with Gasteiger partial charge in [0.05, 0.1) is 11.9 Å². The number of aromatic nitrogens is 3. The Morgan fingerprint density at radius 1 is 1.10 bits per heavy atom. The molecule has 1 aliphatic rings. The van der Waals surface area contributed by atoms with Crippen LogP contribution < -0.4 is 5.32 Å². The number of H-pyrrole nitrogens is 1. The van der Waals surface area contributed by atoms with Crippen LogP contribution in [0.25, 0.3) is 22.4 Å². The Labute approximate surface area is 174 Å². The SMILES string of the molecule is O=C(NCc1cn[nH]c1-c1ccccc1)c1ccc2nc(C3CCCCC3)oc2c1. The van der Waals surface area contributed by atoms with Gasteiger partial charge in [-0.3, -0.25) is 9.89 Å². The first-order chi connectivity index (χ1) is 14.8. The molecule has 0 aliphatic heterocycles. The van der Waals surface area contributed by atoms with Crippen LogP contribution in [0.5, 0.6) is 0 Å². The maximum Gasteiger partial charge on any atom is 0.251 e. The summed E-state index contributed by atoms with van der Waals surface area (Å²) in [5, 5.41) is 10.1. The summed E-state index contributed by atoms with van der Waals surface area (Å²) in [5.41, 5.74) is 4.95. The number of carbonyl (C=O) groups is 1. The van der Waals surface area contributed by atoms with E-state index in [1.165, 1.54) is 19.3 Å². The minimum Gasteiger partial charge on any atom is -0.440 e. The number of oxazole rings is 1. The molecule has 0 bridgehead atoms. The molecule has 2 heterocycles. The smallest absolute Gasteiger partial charge is 0.251 e. The summed E-state index contributed by atoms with van der Waals surface area (Å²) in [4.78, 5) is 17.4. The lowest BCUT2D eigenvalue weighted by Crippen LogP contribution is -2.22. The number of amides is 1. The zero-order valence-electron chi connectivity index (χ0n) is 16.7. The van der Waals surface area contributed by atoms with Gasteiger partial charge in [0.25, 0.3) is 5.91 Å². The third-order valence-corrected chi connectivity index (χ3v) is 5.84. The number of fused-ring (bicyclic) bond motifs is 1. The highest BCUT2D eigenvalue weighted by molar-refractivity contribution is 5.97. The van der Waals surface area contributed by atoms with Crippen LogP contribution in [0.4, 0.5) is 0 Å². The maximum absolute atomic E-state index is 12.7. The van der Waals surface area contributed by atoms with Crippen LogP contribution >= 0.6 is 0 Å². The van der Waals surface area contributed by atoms with E-state index in [1.807, 2.05) is 36.4 Å². The average Bonchev–Trinajstić information content (AvgIpc) is 3.45. The largest absolute Gasteiger partial charge is 0.440 e. The van der Waals surface area contributed by atoms with Crippen molar-refractivity contribution in [1.29, 1.82) is 0 Å². The lowest BCUT2D eigenvalue weighted by molar-refractivity contribution is 0.0951. The first-order valence-electron chi connectivity index (χ1n) is 10.5. The van der Waals surface area contributed by atoms with Gasteiger partial charge in [0.2, 0.25) is 0 Å². The molecule has 1 amide bonds. The second-order valence-corrected chi connectivity index (χ2v) is 7.89. The highest BCUT2D eigenvalue weighted by Gasteiger charge is 2.21. The fraction of sp³-hybridized carbons (Fsp3) is 0.292. The molecule has 2 aromatic heterocycles. The van der Waals surface area contributed by atoms with Crippen molar-refractivity contribution < 1.29 is 9.21 Å². The van der Waals surface area contributed by atoms with Gasteiger partial charge in [-0.1, -0.05) is 49.6 Å². The molecule has 152 valence electrons. The van der Waals surface area contributed by atoms with E-state index in [0.29, 0.717) is 23.6 Å². The van der Waals surface area contributed by atoms with E-state index >= 15 is 0 Å². The van der Waals surface area contributed by atoms with Gasteiger partial charge in [-0.15, -0.1) is 0 Å². The van der Waals surface area contributed by atoms with Gasteiger partial charge in [-0.2, -0.15) is 5.10 Å². The fourth-order valence-corrected chi connectivity index (χ4v) is 4.19. The quantitative estimate of drug-likeness (QED) is 0.482. The third-order valence-electron chi connectivity index (χ3n) is 5.84. The van der Waals surface area contributed by atoms with Crippen molar-refractivity contribution in [3.05, 3.63) is 71.7 Å². The Kier molecular flexibility index (Phi) is 5.05. The first kappa shape index (κ1) is 18.6. The summed E-state index contributed by atoms with van der Waals surface area (Å²) in [6.45, 7) is 0.390. The lowest BCUT2D eigenvalue weighted by atomic mass is 9.89. The Hall–Kier alpha value is -3.41. The molecule has 0 saturated heterocycles. The Morgan fingerprint density at radius 2 is 1.93 bits per heavy atom. The Balaban J connectivity index is 1.30. The van der Waals surface area contributed by atoms with E-state index in [2.05, 4.69) is 20.5 Å². The fourth-order valence-electron chi connectivity index (χ4n) is 4.19. The van der Waals surface area contributed by atoms with E-state index in [1.54, 1.807) is 18.3 Å². The van der Waals surface area contributed by atoms with Crippen LogP contribution in [0.15, 0.2) is 59.1 Å². The molecule has 2 N–H and O–H groups in total. The molecule has 1 saturated carbocycles. The van der Waals surface area contributed by atoms with Crippen molar-refractivity contribution in [2.75, 3.05) is 0 Å². The van der Waals surface area contributed by atoms with Crippen LogP contribution in [0.1, 0.15) is 59.8 Å². The molecule has 0 unspecified atom stereocenters. The molecular weight excluding hydrogens is 376 g/mol. The van der Waals surface area contributed by atoms with E-state index < -0.39 is 0 Å². The first-order valence-corrected chi connectivity index (χ1v) is 10.5. The topological polar surface area (TPSA) is 83.8 Å². The highest BCUT2D eigenvalue weighted by Crippen LogP contribution is 2.33. The van der Waals surface area contributed by atoms with Crippen molar-refractivity contribution in [2.24, 2.45) is 0 Å². The number of hydrogen-bond acceptors (Lipinski definition) is 4. The van der Waals surface area contributed by atoms with E-state index in [9.17, 15) is 4.79 Å². The van der Waals surface area contributed by atoms with E-state index in [0.717, 1.165) is 41.1 Å². The average molecular weight is 400 g/mol. The Bertz CT molecular complexity index is 1160. The van der Waals surface area contributed by atoms with Gasteiger partial charge in [0.1, 0.15) is 5.52 Å². The third kappa shape index (κ3) is 3.73. The van der Waals surface area contributed by atoms with Gasteiger partial charge >= 0.3 is 0 Å². The molecule has 1 fully saturated rings. The van der Waals surface area contributed by atoms with Crippen molar-refractivity contribution >= 4 is 17.0 Å². The summed E-state index contributed by atoms with van der Waals surface area (Å²) in [7, 11) is 0. The molecule has 30 heavy (non-hydrogen) atoms. The van der Waals surface area contributed by atoms with Gasteiger partial charge < -0.3 is 9.73 Å². The predicted molar refractivity (Wildman–Crippen MR) is 115 cm³/mol. The predicted octanol–water partition coefficient (Wildman–Crippen LogP) is 5.20. The minimum atomic E-state index is -0.146. The van der Waals surface area contributed by atoms with Crippen molar-refractivity contribution in [1.82, 2.24) is 20.5 Å². The summed E-state index contributed by atoms with van der Waals surface area (Å²) in [5.74, 6) is 1.07. The van der Waals surface area contributed by atoms with Crippen LogP contribution in [0, 0.1) is 0 Å². The van der Waals surface area contributed by atoms with E-state index in [4.69, 9.17) is 4.42 Å². The maximum atomic E-state index is 12.7. The highest BCUT2D eigenvalue weighted by atomic mass is 16.3. The van der Waals surface area contributed by atoms with Crippen molar-refractivity contribution in [3.63, 3.8) is 0 Å². The molecule has 2 aromatic carbocycles. The molecule has 5 rings (SSSR count). The Morgan fingerprint density at radius 3 is 2.77 bits per heavy atom. The zero-order valence-corrected chi connectivity index (χ0v) is 16.7.